The minimum atomic E-state index is 0.671. The number of hydrogen-bond acceptors (Lipinski definition) is 2. The number of nitrogens with two attached hydrogens (primary N) is 1. The van der Waals surface area contributed by atoms with Crippen LogP contribution < -0.4 is 10.5 Å². The van der Waals surface area contributed by atoms with E-state index in [1.54, 1.807) is 0 Å². The second kappa shape index (κ2) is 4.32. The molecule has 0 radical (unpaired) electrons. The van der Waals surface area contributed by atoms with Crippen LogP contribution in [0.1, 0.15) is 25.1 Å². The Kier molecular flexibility index (Phi) is 3.01. The van der Waals surface area contributed by atoms with E-state index in [2.05, 4.69) is 25.5 Å². The molecule has 0 saturated heterocycles. The molecular formula is C14H20N2O. The predicted molar refractivity (Wildman–Crippen MR) is 72.6 cm³/mol. The number of fused-ring (bicyclic) bond motifs is 1. The van der Waals surface area contributed by atoms with Crippen LogP contribution in [0.5, 0.6) is 5.75 Å². The van der Waals surface area contributed by atoms with Gasteiger partial charge in [-0.2, -0.15) is 0 Å². The highest BCUT2D eigenvalue weighted by molar-refractivity contribution is 5.99. The van der Waals surface area contributed by atoms with Gasteiger partial charge in [-0.3, -0.25) is 0 Å². The number of hydrogen-bond donors (Lipinski definition) is 1. The number of nitrogens with zero attached hydrogens (tertiary/aromatic N) is 1. The van der Waals surface area contributed by atoms with Gasteiger partial charge in [-0.05, 0) is 38.0 Å². The van der Waals surface area contributed by atoms with Crippen LogP contribution in [0.2, 0.25) is 0 Å². The highest BCUT2D eigenvalue weighted by atomic mass is 16.5. The summed E-state index contributed by atoms with van der Waals surface area (Å²) in [6.07, 6.45) is 0.989. The zero-order valence-corrected chi connectivity index (χ0v) is 11.0. The highest BCUT2D eigenvalue weighted by Crippen LogP contribution is 2.36. The van der Waals surface area contributed by atoms with E-state index in [-0.39, 0.29) is 0 Å². The van der Waals surface area contributed by atoms with Crippen molar-refractivity contribution < 1.29 is 4.74 Å². The first-order valence-electron chi connectivity index (χ1n) is 6.10. The Hall–Kier alpha value is -1.64. The van der Waals surface area contributed by atoms with Gasteiger partial charge in [-0.15, -0.1) is 0 Å². The monoisotopic (exact) mass is 232 g/mol. The van der Waals surface area contributed by atoms with Gasteiger partial charge in [-0.1, -0.05) is 6.92 Å². The molecule has 0 saturated carbocycles. The molecule has 0 fully saturated rings. The molecule has 3 heteroatoms. The fourth-order valence-electron chi connectivity index (χ4n) is 2.49. The van der Waals surface area contributed by atoms with Crippen molar-refractivity contribution in [2.45, 2.75) is 27.2 Å². The maximum absolute atomic E-state index is 6.11. The quantitative estimate of drug-likeness (QED) is 0.826. The van der Waals surface area contributed by atoms with Crippen LogP contribution in [0.15, 0.2) is 12.1 Å². The van der Waals surface area contributed by atoms with Crippen molar-refractivity contribution in [1.29, 1.82) is 0 Å². The zero-order valence-electron chi connectivity index (χ0n) is 11.0. The molecule has 0 atom stereocenters. The third kappa shape index (κ3) is 1.66. The molecule has 1 heterocycles. The molecule has 2 aromatic rings. The number of benzene rings is 1. The van der Waals surface area contributed by atoms with Crippen molar-refractivity contribution in [2.24, 2.45) is 7.05 Å². The van der Waals surface area contributed by atoms with Gasteiger partial charge in [0.1, 0.15) is 5.75 Å². The third-order valence-electron chi connectivity index (χ3n) is 3.40. The van der Waals surface area contributed by atoms with E-state index < -0.39 is 0 Å². The summed E-state index contributed by atoms with van der Waals surface area (Å²) in [7, 11) is 2.07. The van der Waals surface area contributed by atoms with Crippen molar-refractivity contribution in [3.05, 3.63) is 23.4 Å². The summed E-state index contributed by atoms with van der Waals surface area (Å²) in [5, 5.41) is 1.15. The summed E-state index contributed by atoms with van der Waals surface area (Å²) in [6.45, 7) is 6.96. The molecular weight excluding hydrogens is 212 g/mol. The molecule has 0 unspecified atom stereocenters. The van der Waals surface area contributed by atoms with Gasteiger partial charge in [0.25, 0.3) is 0 Å². The Morgan fingerprint density at radius 3 is 2.59 bits per heavy atom. The van der Waals surface area contributed by atoms with Crippen molar-refractivity contribution >= 4 is 16.6 Å². The Bertz CT molecular complexity index is 555. The number of ether oxygens (including phenoxy) is 1. The van der Waals surface area contributed by atoms with Gasteiger partial charge in [-0.25, -0.2) is 0 Å². The summed E-state index contributed by atoms with van der Waals surface area (Å²) in [5.74, 6) is 0.919. The smallest absolute Gasteiger partial charge is 0.143 e. The standard InChI is InChI=1S/C14H20N2O/c1-5-10-9(3)16(4)14-12(17-6-2)8-7-11(15)13(10)14/h7-8H,5-6,15H2,1-4H3. The maximum atomic E-state index is 6.11. The number of rotatable bonds is 3. The minimum Gasteiger partial charge on any atom is -0.492 e. The van der Waals surface area contributed by atoms with E-state index in [1.807, 2.05) is 19.1 Å². The molecule has 3 nitrogen and oxygen atoms in total. The van der Waals surface area contributed by atoms with Crippen molar-refractivity contribution in [2.75, 3.05) is 12.3 Å². The molecule has 0 spiro atoms. The lowest BCUT2D eigenvalue weighted by atomic mass is 10.1. The Morgan fingerprint density at radius 1 is 1.29 bits per heavy atom. The van der Waals surface area contributed by atoms with Crippen LogP contribution in [-0.4, -0.2) is 11.2 Å². The summed E-state index contributed by atoms with van der Waals surface area (Å²) in [6, 6.07) is 3.89. The molecule has 1 aromatic carbocycles. The predicted octanol–water partition coefficient (Wildman–Crippen LogP) is 3.03. The summed E-state index contributed by atoms with van der Waals surface area (Å²) in [4.78, 5) is 0. The van der Waals surface area contributed by atoms with E-state index in [4.69, 9.17) is 10.5 Å². The van der Waals surface area contributed by atoms with E-state index >= 15 is 0 Å². The van der Waals surface area contributed by atoms with Gasteiger partial charge < -0.3 is 15.0 Å². The first-order valence-corrected chi connectivity index (χ1v) is 6.10. The van der Waals surface area contributed by atoms with Crippen LogP contribution in [-0.2, 0) is 13.5 Å². The normalized spacial score (nSPS) is 11.1. The molecule has 2 N–H and O–H groups in total. The van der Waals surface area contributed by atoms with Gasteiger partial charge in [0.2, 0.25) is 0 Å². The van der Waals surface area contributed by atoms with Crippen LogP contribution >= 0.6 is 0 Å². The Morgan fingerprint density at radius 2 is 2.00 bits per heavy atom. The average Bonchev–Trinajstić information content (AvgIpc) is 2.57. The fraction of sp³-hybridized carbons (Fsp3) is 0.429. The summed E-state index contributed by atoms with van der Waals surface area (Å²) in [5.41, 5.74) is 10.6. The van der Waals surface area contributed by atoms with Crippen LogP contribution in [0.25, 0.3) is 10.9 Å². The molecule has 2 rings (SSSR count). The molecule has 0 amide bonds. The van der Waals surface area contributed by atoms with Crippen LogP contribution in [0.4, 0.5) is 5.69 Å². The van der Waals surface area contributed by atoms with Gasteiger partial charge in [0.15, 0.2) is 0 Å². The van der Waals surface area contributed by atoms with Gasteiger partial charge >= 0.3 is 0 Å². The number of nitrogen functional groups attached to an aromatic ring is 1. The van der Waals surface area contributed by atoms with E-state index in [9.17, 15) is 0 Å². The van der Waals surface area contributed by atoms with Crippen LogP contribution in [0, 0.1) is 6.92 Å². The maximum Gasteiger partial charge on any atom is 0.143 e. The minimum absolute atomic E-state index is 0.671. The van der Waals surface area contributed by atoms with Crippen LogP contribution in [0.3, 0.4) is 0 Å². The fourth-order valence-corrected chi connectivity index (χ4v) is 2.49. The topological polar surface area (TPSA) is 40.2 Å². The van der Waals surface area contributed by atoms with E-state index in [0.717, 1.165) is 28.8 Å². The lowest BCUT2D eigenvalue weighted by molar-refractivity contribution is 0.343. The molecule has 0 bridgehead atoms. The SMILES string of the molecule is CCOc1ccc(N)c2c(CC)c(C)n(C)c12. The molecule has 1 aromatic heterocycles. The second-order valence-electron chi connectivity index (χ2n) is 4.29. The summed E-state index contributed by atoms with van der Waals surface area (Å²) >= 11 is 0. The first kappa shape index (κ1) is 11.8. The average molecular weight is 232 g/mol. The first-order chi connectivity index (χ1) is 8.11. The van der Waals surface area contributed by atoms with Gasteiger partial charge in [0, 0.05) is 23.8 Å². The van der Waals surface area contributed by atoms with Crippen molar-refractivity contribution in [3.63, 3.8) is 0 Å². The van der Waals surface area contributed by atoms with Crippen molar-refractivity contribution in [3.8, 4) is 5.75 Å². The Labute approximate surface area is 102 Å². The van der Waals surface area contributed by atoms with E-state index in [1.165, 1.54) is 11.3 Å². The molecule has 0 aliphatic heterocycles. The number of aromatic nitrogens is 1. The molecule has 0 aliphatic rings. The number of anilines is 1. The zero-order chi connectivity index (χ0) is 12.6. The highest BCUT2D eigenvalue weighted by Gasteiger charge is 2.16. The van der Waals surface area contributed by atoms with Gasteiger partial charge in [0.05, 0.1) is 12.1 Å². The van der Waals surface area contributed by atoms with E-state index in [0.29, 0.717) is 6.61 Å². The Balaban J connectivity index is 2.86. The van der Waals surface area contributed by atoms with Crippen molar-refractivity contribution in [1.82, 2.24) is 4.57 Å². The lowest BCUT2D eigenvalue weighted by Gasteiger charge is -2.08. The molecule has 92 valence electrons. The lowest BCUT2D eigenvalue weighted by Crippen LogP contribution is -1.97. The third-order valence-corrected chi connectivity index (χ3v) is 3.40. The largest absolute Gasteiger partial charge is 0.492 e. The molecule has 17 heavy (non-hydrogen) atoms. The number of aryl methyl sites for hydroxylation is 2. The summed E-state index contributed by atoms with van der Waals surface area (Å²) < 4.78 is 7.87. The molecule has 0 aliphatic carbocycles. The second-order valence-corrected chi connectivity index (χ2v) is 4.29.